The zero-order valence-electron chi connectivity index (χ0n) is 28.0. The molecule has 0 radical (unpaired) electrons. The van der Waals surface area contributed by atoms with Gasteiger partial charge in [0.25, 0.3) is 0 Å². The van der Waals surface area contributed by atoms with Crippen LogP contribution in [0, 0.1) is 35.5 Å². The van der Waals surface area contributed by atoms with Gasteiger partial charge >= 0.3 is 17.9 Å². The lowest BCUT2D eigenvalue weighted by Crippen LogP contribution is -2.25. The van der Waals surface area contributed by atoms with Crippen LogP contribution in [0.4, 0.5) is 0 Å². The van der Waals surface area contributed by atoms with Crippen LogP contribution in [0.1, 0.15) is 112 Å². The molecule has 45 heavy (non-hydrogen) atoms. The van der Waals surface area contributed by atoms with E-state index >= 15 is 0 Å². The number of hydrogen-bond donors (Lipinski definition) is 4. The molecule has 3 saturated carbocycles. The van der Waals surface area contributed by atoms with Crippen molar-refractivity contribution in [3.63, 3.8) is 0 Å². The van der Waals surface area contributed by atoms with Crippen molar-refractivity contribution in [2.45, 2.75) is 112 Å². The van der Waals surface area contributed by atoms with Crippen molar-refractivity contribution in [2.75, 3.05) is 51.2 Å². The predicted octanol–water partition coefficient (Wildman–Crippen LogP) is 6.86. The highest BCUT2D eigenvalue weighted by atomic mass is 127. The SMILES string of the molecule is C.CCI.CCOCC1CCC(C(=O)O)CC1.CCOCC1CCC(C(=O)OCC)CC1.CO.O=C(O)C1CCC(CO)CC1. The number of alkyl halides is 1. The van der Waals surface area contributed by atoms with Gasteiger partial charge in [-0.2, -0.15) is 0 Å². The molecular weight excluding hydrogens is 695 g/mol. The largest absolute Gasteiger partial charge is 0.481 e. The smallest absolute Gasteiger partial charge is 0.308 e. The minimum atomic E-state index is -0.679. The third-order valence-corrected chi connectivity index (χ3v) is 8.23. The molecule has 0 aromatic carbocycles. The molecule has 0 aliphatic heterocycles. The zero-order valence-corrected chi connectivity index (χ0v) is 30.2. The summed E-state index contributed by atoms with van der Waals surface area (Å²) in [4.78, 5) is 32.6. The second kappa shape index (κ2) is 32.9. The van der Waals surface area contributed by atoms with Gasteiger partial charge in [-0.1, -0.05) is 36.9 Å². The topological polar surface area (TPSA) is 160 Å². The number of hydrogen-bond acceptors (Lipinski definition) is 8. The molecule has 0 amide bonds. The van der Waals surface area contributed by atoms with Gasteiger partial charge in [-0.25, -0.2) is 0 Å². The van der Waals surface area contributed by atoms with Gasteiger partial charge < -0.3 is 34.6 Å². The van der Waals surface area contributed by atoms with E-state index in [1.54, 1.807) is 0 Å². The van der Waals surface area contributed by atoms with Crippen molar-refractivity contribution in [3.05, 3.63) is 0 Å². The van der Waals surface area contributed by atoms with Crippen molar-refractivity contribution >= 4 is 40.5 Å². The Kier molecular flexibility index (Phi) is 35.4. The van der Waals surface area contributed by atoms with Crippen molar-refractivity contribution in [1.82, 2.24) is 0 Å². The molecule has 0 unspecified atom stereocenters. The maximum absolute atomic E-state index is 11.5. The van der Waals surface area contributed by atoms with E-state index < -0.39 is 11.9 Å². The van der Waals surface area contributed by atoms with Crippen LogP contribution in [-0.2, 0) is 28.6 Å². The molecule has 3 aliphatic rings. The van der Waals surface area contributed by atoms with Crippen LogP contribution in [0.3, 0.4) is 0 Å². The monoisotopic (exact) mass is 762 g/mol. The van der Waals surface area contributed by atoms with Crippen LogP contribution >= 0.6 is 22.6 Å². The third-order valence-electron chi connectivity index (χ3n) is 8.23. The summed E-state index contributed by atoms with van der Waals surface area (Å²) in [5.74, 6) is 0.166. The molecular formula is C34H67IO10. The number of aliphatic hydroxyl groups is 2. The van der Waals surface area contributed by atoms with E-state index in [-0.39, 0.29) is 37.8 Å². The first kappa shape index (κ1) is 48.4. The van der Waals surface area contributed by atoms with Gasteiger partial charge in [-0.15, -0.1) is 0 Å². The van der Waals surface area contributed by atoms with E-state index in [1.807, 2.05) is 20.8 Å². The van der Waals surface area contributed by atoms with Crippen LogP contribution in [0.2, 0.25) is 0 Å². The van der Waals surface area contributed by atoms with E-state index in [1.165, 1.54) is 4.43 Å². The fraction of sp³-hybridized carbons (Fsp3) is 0.912. The van der Waals surface area contributed by atoms with Gasteiger partial charge in [0.15, 0.2) is 0 Å². The molecule has 0 atom stereocenters. The van der Waals surface area contributed by atoms with Gasteiger partial charge in [-0.3, -0.25) is 14.4 Å². The normalized spacial score (nSPS) is 25.3. The summed E-state index contributed by atoms with van der Waals surface area (Å²) in [5, 5.41) is 33.2. The minimum absolute atomic E-state index is 0. The highest BCUT2D eigenvalue weighted by Crippen LogP contribution is 2.30. The maximum Gasteiger partial charge on any atom is 0.308 e. The number of carboxylic acid groups (broad SMARTS) is 2. The fourth-order valence-corrected chi connectivity index (χ4v) is 5.56. The van der Waals surface area contributed by atoms with Crippen molar-refractivity contribution in [3.8, 4) is 0 Å². The summed E-state index contributed by atoms with van der Waals surface area (Å²) >= 11 is 2.29. The number of aliphatic hydroxyl groups excluding tert-OH is 2. The lowest BCUT2D eigenvalue weighted by molar-refractivity contribution is -0.149. The molecule has 0 aromatic rings. The second-order valence-corrected chi connectivity index (χ2v) is 12.9. The molecule has 0 aromatic heterocycles. The van der Waals surface area contributed by atoms with Crippen molar-refractivity contribution in [2.24, 2.45) is 35.5 Å². The molecule has 4 N–H and O–H groups in total. The van der Waals surface area contributed by atoms with Crippen LogP contribution < -0.4 is 0 Å². The van der Waals surface area contributed by atoms with E-state index in [2.05, 4.69) is 29.5 Å². The first-order valence-corrected chi connectivity index (χ1v) is 18.1. The van der Waals surface area contributed by atoms with Crippen LogP contribution in [0.5, 0.6) is 0 Å². The van der Waals surface area contributed by atoms with Crippen LogP contribution in [0.15, 0.2) is 0 Å². The summed E-state index contributed by atoms with van der Waals surface area (Å²) in [6, 6.07) is 0. The average molecular weight is 763 g/mol. The molecule has 3 fully saturated rings. The Hall–Kier alpha value is -1.02. The van der Waals surface area contributed by atoms with Crippen LogP contribution in [-0.4, -0.2) is 89.5 Å². The first-order valence-electron chi connectivity index (χ1n) is 16.6. The summed E-state index contributed by atoms with van der Waals surface area (Å²) in [6.45, 7) is 11.9. The molecule has 3 aliphatic carbocycles. The number of esters is 1. The van der Waals surface area contributed by atoms with E-state index in [0.717, 1.165) is 111 Å². The molecule has 0 spiro atoms. The van der Waals surface area contributed by atoms with E-state index in [4.69, 9.17) is 34.6 Å². The summed E-state index contributed by atoms with van der Waals surface area (Å²) in [5.41, 5.74) is 0. The number of aliphatic carboxylic acids is 2. The minimum Gasteiger partial charge on any atom is -0.481 e. The molecule has 10 nitrogen and oxygen atoms in total. The number of halogens is 1. The maximum atomic E-state index is 11.5. The second-order valence-electron chi connectivity index (χ2n) is 11.4. The fourth-order valence-electron chi connectivity index (χ4n) is 5.56. The number of carboxylic acids is 2. The van der Waals surface area contributed by atoms with E-state index in [0.29, 0.717) is 24.4 Å². The molecule has 3 rings (SSSR count). The summed E-state index contributed by atoms with van der Waals surface area (Å²) < 4.78 is 17.0. The van der Waals surface area contributed by atoms with Crippen LogP contribution in [0.25, 0.3) is 0 Å². The van der Waals surface area contributed by atoms with Gasteiger partial charge in [-0.05, 0) is 120 Å². The highest BCUT2D eigenvalue weighted by molar-refractivity contribution is 14.1. The zero-order chi connectivity index (χ0) is 33.8. The Bertz CT molecular complexity index is 684. The molecule has 11 heteroatoms. The quantitative estimate of drug-likeness (QED) is 0.0995. The van der Waals surface area contributed by atoms with Gasteiger partial charge in [0.1, 0.15) is 0 Å². The molecule has 0 bridgehead atoms. The Balaban J connectivity index is -0.000000546. The Morgan fingerprint density at radius 2 is 0.911 bits per heavy atom. The van der Waals surface area contributed by atoms with Gasteiger partial charge in [0, 0.05) is 40.1 Å². The Labute approximate surface area is 287 Å². The lowest BCUT2D eigenvalue weighted by Gasteiger charge is -2.26. The van der Waals surface area contributed by atoms with Gasteiger partial charge in [0.05, 0.1) is 24.4 Å². The third kappa shape index (κ3) is 24.8. The summed E-state index contributed by atoms with van der Waals surface area (Å²) in [7, 11) is 1.00. The standard InChI is InChI=1S/C12H22O3.C10H18O3.C8H14O3.C2H5I.CH4O.CH4/c1-3-14-9-10-5-7-11(8-6-10)12(13)15-4-2;1-2-13-7-8-3-5-9(6-4-8)10(11)12;9-5-6-1-3-7(4-2-6)8(10)11;1-2-3;1-2;/h10-11H,3-9H2,1-2H3;8-9H,2-7H2,1H3,(H,11,12);6-7,9H,1-5H2,(H,10,11);2H2,1H3;2H,1H3;1H4. The Morgan fingerprint density at radius 3 is 1.18 bits per heavy atom. The lowest BCUT2D eigenvalue weighted by atomic mass is 9.82. The number of carbonyl (C=O) groups is 3. The number of carbonyl (C=O) groups excluding carboxylic acids is 1. The Morgan fingerprint density at radius 1 is 0.600 bits per heavy atom. The molecule has 0 heterocycles. The highest BCUT2D eigenvalue weighted by Gasteiger charge is 2.28. The number of rotatable bonds is 11. The molecule has 0 saturated heterocycles. The summed E-state index contributed by atoms with van der Waals surface area (Å²) in [6.07, 6.45) is 11.0. The van der Waals surface area contributed by atoms with Crippen molar-refractivity contribution in [1.29, 1.82) is 0 Å². The number of ether oxygens (including phenoxy) is 3. The van der Waals surface area contributed by atoms with E-state index in [9.17, 15) is 14.4 Å². The van der Waals surface area contributed by atoms with Crippen molar-refractivity contribution < 1.29 is 49.0 Å². The first-order chi connectivity index (χ1) is 21.2. The average Bonchev–Trinajstić information content (AvgIpc) is 3.05. The molecule has 270 valence electrons. The predicted molar refractivity (Wildman–Crippen MR) is 188 cm³/mol. The van der Waals surface area contributed by atoms with Gasteiger partial charge in [0.2, 0.25) is 0 Å².